The Morgan fingerprint density at radius 1 is 1.35 bits per heavy atom. The molecule has 1 amide bonds. The number of hydrogen-bond donors (Lipinski definition) is 1. The van der Waals surface area contributed by atoms with E-state index in [-0.39, 0.29) is 5.91 Å². The number of amides is 1. The quantitative estimate of drug-likeness (QED) is 0.825. The van der Waals surface area contributed by atoms with E-state index in [1.54, 1.807) is 0 Å². The zero-order chi connectivity index (χ0) is 16.1. The van der Waals surface area contributed by atoms with Crippen LogP contribution < -0.4 is 5.32 Å². The van der Waals surface area contributed by atoms with E-state index in [1.807, 2.05) is 17.4 Å². The van der Waals surface area contributed by atoms with E-state index in [9.17, 15) is 4.79 Å². The number of nitrogens with one attached hydrogen (secondary N) is 1. The molecule has 124 valence electrons. The predicted molar refractivity (Wildman–Crippen MR) is 96.0 cm³/mol. The Balaban J connectivity index is 1.49. The lowest BCUT2D eigenvalue weighted by atomic mass is 9.97. The number of piperidine rings is 1. The summed E-state index contributed by atoms with van der Waals surface area (Å²) in [6.07, 6.45) is 4.38. The summed E-state index contributed by atoms with van der Waals surface area (Å²) < 4.78 is 1.28. The highest BCUT2D eigenvalue weighted by atomic mass is 32.1. The van der Waals surface area contributed by atoms with Gasteiger partial charge in [-0.3, -0.25) is 9.69 Å². The number of likely N-dealkylation sites (tertiary alicyclic amines) is 1. The van der Waals surface area contributed by atoms with Crippen molar-refractivity contribution >= 4 is 27.5 Å². The summed E-state index contributed by atoms with van der Waals surface area (Å²) >= 11 is 1.82. The van der Waals surface area contributed by atoms with E-state index in [0.717, 1.165) is 50.8 Å². The monoisotopic (exact) mass is 331 g/mol. The van der Waals surface area contributed by atoms with Gasteiger partial charge in [0, 0.05) is 12.5 Å². The van der Waals surface area contributed by atoms with Gasteiger partial charge >= 0.3 is 0 Å². The molecule has 0 atom stereocenters. The van der Waals surface area contributed by atoms with Crippen LogP contribution in [0.15, 0.2) is 24.3 Å². The van der Waals surface area contributed by atoms with Crippen LogP contribution in [0.3, 0.4) is 0 Å². The molecule has 2 aromatic rings. The van der Waals surface area contributed by atoms with Crippen LogP contribution in [-0.4, -0.2) is 42.0 Å². The van der Waals surface area contributed by atoms with Gasteiger partial charge in [-0.2, -0.15) is 0 Å². The van der Waals surface area contributed by atoms with Crippen LogP contribution >= 0.6 is 11.3 Å². The maximum Gasteiger partial charge on any atom is 0.234 e. The van der Waals surface area contributed by atoms with Crippen LogP contribution in [0.4, 0.5) is 0 Å². The molecule has 0 spiro atoms. The number of fused-ring (bicyclic) bond motifs is 1. The molecule has 0 radical (unpaired) electrons. The van der Waals surface area contributed by atoms with Gasteiger partial charge in [-0.15, -0.1) is 11.3 Å². The van der Waals surface area contributed by atoms with Crippen LogP contribution in [0.1, 0.15) is 43.5 Å². The van der Waals surface area contributed by atoms with Crippen molar-refractivity contribution in [3.8, 4) is 0 Å². The lowest BCUT2D eigenvalue weighted by Gasteiger charge is -2.30. The highest BCUT2D eigenvalue weighted by Gasteiger charge is 2.24. The molecule has 0 unspecified atom stereocenters. The third-order valence-corrected chi connectivity index (χ3v) is 5.67. The molecule has 1 saturated heterocycles. The van der Waals surface area contributed by atoms with Crippen molar-refractivity contribution in [1.82, 2.24) is 15.2 Å². The van der Waals surface area contributed by atoms with Gasteiger partial charge < -0.3 is 5.32 Å². The molecule has 1 aliphatic heterocycles. The smallest absolute Gasteiger partial charge is 0.234 e. The Hall–Kier alpha value is -1.46. The van der Waals surface area contributed by atoms with Gasteiger partial charge in [-0.1, -0.05) is 25.5 Å². The Labute approximate surface area is 141 Å². The molecule has 1 aliphatic rings. The molecule has 1 aromatic carbocycles. The van der Waals surface area contributed by atoms with Gasteiger partial charge in [0.05, 0.1) is 21.8 Å². The van der Waals surface area contributed by atoms with E-state index in [0.29, 0.717) is 12.5 Å². The second-order valence-electron chi connectivity index (χ2n) is 6.27. The molecule has 3 rings (SSSR count). The highest BCUT2D eigenvalue weighted by molar-refractivity contribution is 7.18. The van der Waals surface area contributed by atoms with Gasteiger partial charge in [0.25, 0.3) is 0 Å². The normalized spacial score (nSPS) is 16.7. The number of aromatic nitrogens is 1. The van der Waals surface area contributed by atoms with Crippen molar-refractivity contribution in [3.63, 3.8) is 0 Å². The van der Waals surface area contributed by atoms with Crippen molar-refractivity contribution in [3.05, 3.63) is 29.3 Å². The Morgan fingerprint density at radius 3 is 2.87 bits per heavy atom. The topological polar surface area (TPSA) is 45.2 Å². The van der Waals surface area contributed by atoms with Crippen LogP contribution in [0.25, 0.3) is 10.2 Å². The zero-order valence-corrected chi connectivity index (χ0v) is 14.6. The van der Waals surface area contributed by atoms with E-state index < -0.39 is 0 Å². The maximum atomic E-state index is 11.9. The number of carbonyl (C=O) groups excluding carboxylic acids is 1. The first kappa shape index (κ1) is 16.4. The summed E-state index contributed by atoms with van der Waals surface area (Å²) in [6, 6.07) is 8.35. The molecule has 5 heteroatoms. The van der Waals surface area contributed by atoms with E-state index >= 15 is 0 Å². The summed E-state index contributed by atoms with van der Waals surface area (Å²) in [5, 5.41) is 4.26. The Bertz CT molecular complexity index is 614. The number of hydrogen-bond acceptors (Lipinski definition) is 4. The number of para-hydroxylation sites is 1. The number of carbonyl (C=O) groups is 1. The molecule has 0 saturated carbocycles. The van der Waals surface area contributed by atoms with Crippen molar-refractivity contribution in [1.29, 1.82) is 0 Å². The van der Waals surface area contributed by atoms with E-state index in [2.05, 4.69) is 35.3 Å². The maximum absolute atomic E-state index is 11.9. The minimum atomic E-state index is 0.164. The number of unbranched alkanes of at least 4 members (excludes halogenated alkanes) is 1. The average Bonchev–Trinajstić information content (AvgIpc) is 3.00. The molecule has 1 N–H and O–H groups in total. The largest absolute Gasteiger partial charge is 0.355 e. The van der Waals surface area contributed by atoms with Gasteiger partial charge in [0.15, 0.2) is 0 Å². The fourth-order valence-corrected chi connectivity index (χ4v) is 4.20. The van der Waals surface area contributed by atoms with Crippen molar-refractivity contribution in [2.24, 2.45) is 0 Å². The van der Waals surface area contributed by atoms with Crippen molar-refractivity contribution < 1.29 is 4.79 Å². The second-order valence-corrected chi connectivity index (χ2v) is 7.34. The summed E-state index contributed by atoms with van der Waals surface area (Å²) in [6.45, 7) is 5.45. The van der Waals surface area contributed by atoms with E-state index in [4.69, 9.17) is 4.98 Å². The fraction of sp³-hybridized carbons (Fsp3) is 0.556. The SMILES string of the molecule is CCCCNC(=O)CN1CCC(c2nc3ccccc3s2)CC1. The summed E-state index contributed by atoms with van der Waals surface area (Å²) in [5.74, 6) is 0.712. The number of thiazole rings is 1. The third kappa shape index (κ3) is 4.30. The molecular formula is C18H25N3OS. The Morgan fingerprint density at radius 2 is 2.13 bits per heavy atom. The Kier molecular flexibility index (Phi) is 5.62. The zero-order valence-electron chi connectivity index (χ0n) is 13.8. The average molecular weight is 331 g/mol. The highest BCUT2D eigenvalue weighted by Crippen LogP contribution is 2.33. The number of nitrogens with zero attached hydrogens (tertiary/aromatic N) is 2. The summed E-state index contributed by atoms with van der Waals surface area (Å²) in [4.78, 5) is 19.0. The predicted octanol–water partition coefficient (Wildman–Crippen LogP) is 3.39. The lowest BCUT2D eigenvalue weighted by Crippen LogP contribution is -2.41. The van der Waals surface area contributed by atoms with E-state index in [1.165, 1.54) is 9.71 Å². The van der Waals surface area contributed by atoms with Crippen LogP contribution in [0, 0.1) is 0 Å². The van der Waals surface area contributed by atoms with Gasteiger partial charge in [-0.25, -0.2) is 4.98 Å². The molecule has 1 fully saturated rings. The summed E-state index contributed by atoms with van der Waals surface area (Å²) in [7, 11) is 0. The van der Waals surface area contributed by atoms with Crippen molar-refractivity contribution in [2.45, 2.75) is 38.5 Å². The third-order valence-electron chi connectivity index (χ3n) is 4.47. The van der Waals surface area contributed by atoms with Gasteiger partial charge in [0.1, 0.15) is 0 Å². The van der Waals surface area contributed by atoms with Crippen LogP contribution in [-0.2, 0) is 4.79 Å². The minimum Gasteiger partial charge on any atom is -0.355 e. The fourth-order valence-electron chi connectivity index (χ4n) is 3.07. The van der Waals surface area contributed by atoms with Crippen LogP contribution in [0.2, 0.25) is 0 Å². The standard InChI is InChI=1S/C18H25N3OS/c1-2-3-10-19-17(22)13-21-11-8-14(9-12-21)18-20-15-6-4-5-7-16(15)23-18/h4-7,14H,2-3,8-13H2,1H3,(H,19,22). The van der Waals surface area contributed by atoms with Gasteiger partial charge in [-0.05, 0) is 44.5 Å². The minimum absolute atomic E-state index is 0.164. The number of rotatable bonds is 6. The summed E-state index contributed by atoms with van der Waals surface area (Å²) in [5.41, 5.74) is 1.12. The molecule has 0 aliphatic carbocycles. The first-order valence-corrected chi connectivity index (χ1v) is 9.42. The van der Waals surface area contributed by atoms with Gasteiger partial charge in [0.2, 0.25) is 5.91 Å². The molecule has 0 bridgehead atoms. The molecular weight excluding hydrogens is 306 g/mol. The molecule has 1 aromatic heterocycles. The number of benzene rings is 1. The molecule has 2 heterocycles. The first-order chi connectivity index (χ1) is 11.3. The van der Waals surface area contributed by atoms with Crippen molar-refractivity contribution in [2.75, 3.05) is 26.2 Å². The first-order valence-electron chi connectivity index (χ1n) is 8.61. The second kappa shape index (κ2) is 7.88. The molecule has 4 nitrogen and oxygen atoms in total. The molecule has 23 heavy (non-hydrogen) atoms. The van der Waals surface area contributed by atoms with Crippen LogP contribution in [0.5, 0.6) is 0 Å². The lowest BCUT2D eigenvalue weighted by molar-refractivity contribution is -0.122.